The lowest BCUT2D eigenvalue weighted by molar-refractivity contribution is -0.274. The van der Waals surface area contributed by atoms with Gasteiger partial charge in [0, 0.05) is 11.5 Å². The molecule has 3 N–H and O–H groups in total. The summed E-state index contributed by atoms with van der Waals surface area (Å²) in [4.78, 5) is 0. The van der Waals surface area contributed by atoms with E-state index in [0.717, 1.165) is 22.4 Å². The van der Waals surface area contributed by atoms with E-state index in [1.165, 1.54) is 12.1 Å². The molecule has 2 aromatic carbocycles. The molecule has 27 heavy (non-hydrogen) atoms. The smallest absolute Gasteiger partial charge is 0.406 e. The zero-order valence-corrected chi connectivity index (χ0v) is 14.9. The topological polar surface area (TPSA) is 69.1 Å². The maximum Gasteiger partial charge on any atom is 0.573 e. The second kappa shape index (κ2) is 8.63. The van der Waals surface area contributed by atoms with Crippen LogP contribution >= 0.6 is 11.8 Å². The van der Waals surface area contributed by atoms with Crippen molar-refractivity contribution in [3.8, 4) is 11.8 Å². The minimum absolute atomic E-state index is 0.138. The van der Waals surface area contributed by atoms with Crippen LogP contribution in [0.15, 0.2) is 48.5 Å². The third-order valence-electron chi connectivity index (χ3n) is 3.93. The first-order valence-electron chi connectivity index (χ1n) is 8.11. The summed E-state index contributed by atoms with van der Waals surface area (Å²) in [7, 11) is 0. The lowest BCUT2D eigenvalue weighted by Gasteiger charge is -2.13. The Bertz CT molecular complexity index is 807. The number of nitrogens with zero attached hydrogens (tertiary/aromatic N) is 1. The average Bonchev–Trinajstić information content (AvgIpc) is 3.11. The van der Waals surface area contributed by atoms with Crippen LogP contribution in [0.5, 0.6) is 5.75 Å². The normalized spacial score (nSPS) is 19.6. The minimum atomic E-state index is -4.68. The first-order valence-corrected chi connectivity index (χ1v) is 9.27. The number of benzene rings is 2. The third-order valence-corrected chi connectivity index (χ3v) is 5.01. The Morgan fingerprint density at radius 2 is 1.78 bits per heavy atom. The van der Waals surface area contributed by atoms with E-state index in [1.807, 2.05) is 24.3 Å². The fourth-order valence-electron chi connectivity index (χ4n) is 2.70. The van der Waals surface area contributed by atoms with Gasteiger partial charge in [0.05, 0.1) is 12.1 Å². The number of ether oxygens (including phenoxy) is 1. The van der Waals surface area contributed by atoms with Gasteiger partial charge in [0.15, 0.2) is 0 Å². The molecule has 0 amide bonds. The summed E-state index contributed by atoms with van der Waals surface area (Å²) in [6, 6.07) is 15.6. The van der Waals surface area contributed by atoms with Crippen molar-refractivity contribution in [1.29, 1.82) is 5.26 Å². The molecule has 1 aliphatic rings. The largest absolute Gasteiger partial charge is 0.573 e. The van der Waals surface area contributed by atoms with Crippen molar-refractivity contribution in [3.63, 3.8) is 0 Å². The number of hydrogen-bond donors (Lipinski definition) is 3. The summed E-state index contributed by atoms with van der Waals surface area (Å²) < 4.78 is 40.4. The number of nitrogens with one attached hydrogen (secondary N) is 3. The van der Waals surface area contributed by atoms with Gasteiger partial charge in [-0.15, -0.1) is 13.2 Å². The molecule has 9 heteroatoms. The molecule has 1 heterocycles. The van der Waals surface area contributed by atoms with E-state index in [4.69, 9.17) is 5.26 Å². The highest BCUT2D eigenvalue weighted by molar-refractivity contribution is 7.97. The van der Waals surface area contributed by atoms with E-state index in [0.29, 0.717) is 5.75 Å². The number of hydrogen-bond acceptors (Lipinski definition) is 6. The molecule has 1 aliphatic heterocycles. The second-order valence-electron chi connectivity index (χ2n) is 5.93. The Labute approximate surface area is 158 Å². The molecule has 0 spiro atoms. The highest BCUT2D eigenvalue weighted by Gasteiger charge is 2.31. The molecular formula is C18H17F3N4OS. The van der Waals surface area contributed by atoms with Gasteiger partial charge in [-0.05, 0) is 28.8 Å². The van der Waals surface area contributed by atoms with Gasteiger partial charge >= 0.3 is 6.36 Å². The molecule has 2 aromatic rings. The van der Waals surface area contributed by atoms with Crippen LogP contribution in [0.25, 0.3) is 0 Å². The standard InChI is InChI=1S/C18H17F3N4OS/c19-18(20,21)26-15-6-4-12(5-7-15)10-27-11-13-2-1-3-14(8-13)17-16(9-22)23-25-24-17/h1-8,16-17,23-25H,10-11H2. The number of thioether (sulfide) groups is 1. The number of nitriles is 1. The molecule has 142 valence electrons. The Morgan fingerprint density at radius 1 is 1.04 bits per heavy atom. The highest BCUT2D eigenvalue weighted by Crippen LogP contribution is 2.26. The summed E-state index contributed by atoms with van der Waals surface area (Å²) >= 11 is 1.66. The number of rotatable bonds is 6. The maximum absolute atomic E-state index is 12.2. The molecule has 3 rings (SSSR count). The fraction of sp³-hybridized carbons (Fsp3) is 0.278. The van der Waals surface area contributed by atoms with Crippen molar-refractivity contribution in [2.24, 2.45) is 0 Å². The van der Waals surface area contributed by atoms with Crippen LogP contribution in [0.4, 0.5) is 13.2 Å². The molecular weight excluding hydrogens is 377 g/mol. The van der Waals surface area contributed by atoms with Gasteiger partial charge in [-0.25, -0.2) is 10.9 Å². The van der Waals surface area contributed by atoms with Crippen LogP contribution in [0.2, 0.25) is 0 Å². The quantitative estimate of drug-likeness (QED) is 0.696. The van der Waals surface area contributed by atoms with Crippen LogP contribution in [-0.2, 0) is 11.5 Å². The van der Waals surface area contributed by atoms with Gasteiger partial charge in [-0.1, -0.05) is 36.4 Å². The molecule has 1 saturated heterocycles. The fourth-order valence-corrected chi connectivity index (χ4v) is 3.64. The highest BCUT2D eigenvalue weighted by atomic mass is 32.2. The summed E-state index contributed by atoms with van der Waals surface area (Å²) in [6.45, 7) is 0. The second-order valence-corrected chi connectivity index (χ2v) is 6.91. The van der Waals surface area contributed by atoms with Crippen LogP contribution in [0.3, 0.4) is 0 Å². The molecule has 1 fully saturated rings. The monoisotopic (exact) mass is 394 g/mol. The lowest BCUT2D eigenvalue weighted by Crippen LogP contribution is -2.32. The predicted molar refractivity (Wildman–Crippen MR) is 96.1 cm³/mol. The van der Waals surface area contributed by atoms with E-state index in [1.54, 1.807) is 23.9 Å². The average molecular weight is 394 g/mol. The summed E-state index contributed by atoms with van der Waals surface area (Å²) in [5, 5.41) is 9.15. The molecule has 0 aromatic heterocycles. The Kier molecular flexibility index (Phi) is 6.23. The number of alkyl halides is 3. The molecule has 5 nitrogen and oxygen atoms in total. The van der Waals surface area contributed by atoms with Crippen molar-refractivity contribution in [1.82, 2.24) is 16.4 Å². The van der Waals surface area contributed by atoms with Crippen LogP contribution in [0, 0.1) is 11.3 Å². The zero-order valence-electron chi connectivity index (χ0n) is 14.1. The Balaban J connectivity index is 1.53. The summed E-state index contributed by atoms with van der Waals surface area (Å²) in [6.07, 6.45) is -4.68. The van der Waals surface area contributed by atoms with Crippen molar-refractivity contribution in [2.45, 2.75) is 30.0 Å². The first-order chi connectivity index (χ1) is 12.9. The summed E-state index contributed by atoms with van der Waals surface area (Å²) in [5.74, 6) is 1.20. The zero-order chi connectivity index (χ0) is 19.3. The van der Waals surface area contributed by atoms with Crippen molar-refractivity contribution >= 4 is 11.8 Å². The predicted octanol–water partition coefficient (Wildman–Crippen LogP) is 3.56. The van der Waals surface area contributed by atoms with E-state index in [2.05, 4.69) is 27.2 Å². The molecule has 2 atom stereocenters. The van der Waals surface area contributed by atoms with Crippen LogP contribution in [0.1, 0.15) is 22.7 Å². The molecule has 0 radical (unpaired) electrons. The Morgan fingerprint density at radius 3 is 2.48 bits per heavy atom. The van der Waals surface area contributed by atoms with Crippen LogP contribution in [-0.4, -0.2) is 12.4 Å². The van der Waals surface area contributed by atoms with Crippen LogP contribution < -0.4 is 21.1 Å². The maximum atomic E-state index is 12.2. The van der Waals surface area contributed by atoms with Gasteiger partial charge < -0.3 is 4.74 Å². The number of halogens is 3. The van der Waals surface area contributed by atoms with Crippen molar-refractivity contribution < 1.29 is 17.9 Å². The van der Waals surface area contributed by atoms with E-state index in [-0.39, 0.29) is 17.8 Å². The minimum Gasteiger partial charge on any atom is -0.406 e. The SMILES string of the molecule is N#CC1NNNC1c1cccc(CSCc2ccc(OC(F)(F)F)cc2)c1. The summed E-state index contributed by atoms with van der Waals surface area (Å²) in [5.41, 5.74) is 11.7. The molecule has 0 bridgehead atoms. The van der Waals surface area contributed by atoms with E-state index < -0.39 is 6.36 Å². The van der Waals surface area contributed by atoms with Crippen molar-refractivity contribution in [3.05, 3.63) is 65.2 Å². The van der Waals surface area contributed by atoms with Gasteiger partial charge in [0.25, 0.3) is 0 Å². The van der Waals surface area contributed by atoms with Crippen molar-refractivity contribution in [2.75, 3.05) is 0 Å². The Hall–Kier alpha value is -2.25. The number of hydrazine groups is 2. The van der Waals surface area contributed by atoms with Gasteiger partial charge in [-0.2, -0.15) is 22.6 Å². The molecule has 0 aliphatic carbocycles. The van der Waals surface area contributed by atoms with E-state index in [9.17, 15) is 13.2 Å². The molecule has 0 saturated carbocycles. The third kappa shape index (κ3) is 5.61. The first kappa shape index (κ1) is 19.5. The van der Waals surface area contributed by atoms with Gasteiger partial charge in [0.1, 0.15) is 11.8 Å². The van der Waals surface area contributed by atoms with Gasteiger partial charge in [-0.3, -0.25) is 0 Å². The van der Waals surface area contributed by atoms with E-state index >= 15 is 0 Å². The van der Waals surface area contributed by atoms with Gasteiger partial charge in [0.2, 0.25) is 0 Å². The lowest BCUT2D eigenvalue weighted by atomic mass is 10.0. The molecule has 2 unspecified atom stereocenters.